The molecule has 0 unspecified atom stereocenters. The Balaban J connectivity index is 1.66. The van der Waals surface area contributed by atoms with Crippen LogP contribution in [0.3, 0.4) is 0 Å². The van der Waals surface area contributed by atoms with Crippen LogP contribution in [0.15, 0.2) is 45.8 Å². The van der Waals surface area contributed by atoms with Crippen LogP contribution in [0.2, 0.25) is 5.02 Å². The fourth-order valence-electron chi connectivity index (χ4n) is 2.28. The number of ether oxygens (including phenoxy) is 2. The van der Waals surface area contributed by atoms with Gasteiger partial charge in [-0.1, -0.05) is 23.7 Å². The smallest absolute Gasteiger partial charge is 0.289 e. The zero-order valence-corrected chi connectivity index (χ0v) is 13.6. The van der Waals surface area contributed by atoms with Crippen molar-refractivity contribution in [1.29, 1.82) is 0 Å². The second kappa shape index (κ2) is 7.51. The number of nitrogens with zero attached hydrogens (tertiary/aromatic N) is 1. The third kappa shape index (κ3) is 3.96. The van der Waals surface area contributed by atoms with E-state index >= 15 is 0 Å². The molecule has 0 N–H and O–H groups in total. The molecule has 0 saturated carbocycles. The molecule has 1 amide bonds. The van der Waals surface area contributed by atoms with Gasteiger partial charge in [-0.15, -0.1) is 0 Å². The fourth-order valence-corrected chi connectivity index (χ4v) is 2.41. The Bertz CT molecular complexity index is 765. The summed E-state index contributed by atoms with van der Waals surface area (Å²) >= 11 is 5.82. The largest absolute Gasteiger partial charge is 0.482 e. The van der Waals surface area contributed by atoms with Crippen LogP contribution in [-0.2, 0) is 11.3 Å². The van der Waals surface area contributed by atoms with Crippen molar-refractivity contribution in [2.75, 3.05) is 26.3 Å². The molecule has 7 heteroatoms. The zero-order valence-electron chi connectivity index (χ0n) is 12.9. The van der Waals surface area contributed by atoms with Crippen molar-refractivity contribution in [1.82, 2.24) is 4.90 Å². The molecule has 3 rings (SSSR count). The third-order valence-electron chi connectivity index (χ3n) is 3.61. The van der Waals surface area contributed by atoms with Gasteiger partial charge < -0.3 is 18.8 Å². The van der Waals surface area contributed by atoms with Crippen molar-refractivity contribution in [3.8, 4) is 5.75 Å². The molecule has 1 aromatic carbocycles. The van der Waals surface area contributed by atoms with Gasteiger partial charge in [0.2, 0.25) is 11.2 Å². The highest BCUT2D eigenvalue weighted by Gasteiger charge is 2.21. The first kappa shape index (κ1) is 16.5. The lowest BCUT2D eigenvalue weighted by atomic mass is 10.2. The molecule has 2 heterocycles. The first-order valence-corrected chi connectivity index (χ1v) is 7.88. The highest BCUT2D eigenvalue weighted by atomic mass is 35.5. The van der Waals surface area contributed by atoms with E-state index in [9.17, 15) is 9.59 Å². The highest BCUT2D eigenvalue weighted by Crippen LogP contribution is 2.13. The van der Waals surface area contributed by atoms with Crippen molar-refractivity contribution in [3.05, 3.63) is 63.2 Å². The van der Waals surface area contributed by atoms with Gasteiger partial charge >= 0.3 is 0 Å². The molecule has 0 spiro atoms. The zero-order chi connectivity index (χ0) is 16.9. The van der Waals surface area contributed by atoms with Crippen LogP contribution in [-0.4, -0.2) is 37.1 Å². The topological polar surface area (TPSA) is 69.0 Å². The summed E-state index contributed by atoms with van der Waals surface area (Å²) in [4.78, 5) is 26.0. The molecule has 24 heavy (non-hydrogen) atoms. The molecule has 1 aromatic heterocycles. The van der Waals surface area contributed by atoms with Gasteiger partial charge in [0, 0.05) is 24.2 Å². The number of carbonyl (C=O) groups excluding carboxylic acids is 1. The van der Waals surface area contributed by atoms with Gasteiger partial charge in [0.1, 0.15) is 12.9 Å². The van der Waals surface area contributed by atoms with Crippen LogP contribution in [0.1, 0.15) is 16.1 Å². The predicted octanol–water partition coefficient (Wildman–Crippen LogP) is 2.34. The van der Waals surface area contributed by atoms with Crippen molar-refractivity contribution in [2.24, 2.45) is 0 Å². The van der Waals surface area contributed by atoms with Gasteiger partial charge in [-0.3, -0.25) is 9.59 Å². The van der Waals surface area contributed by atoms with Gasteiger partial charge in [-0.05, 0) is 17.7 Å². The number of benzene rings is 1. The number of rotatable bonds is 4. The molecular weight excluding hydrogens is 334 g/mol. The van der Waals surface area contributed by atoms with Crippen molar-refractivity contribution in [2.45, 2.75) is 6.61 Å². The first-order valence-electron chi connectivity index (χ1n) is 7.50. The third-order valence-corrected chi connectivity index (χ3v) is 3.87. The fraction of sp³-hybridized carbons (Fsp3) is 0.294. The van der Waals surface area contributed by atoms with Crippen molar-refractivity contribution >= 4 is 17.5 Å². The highest BCUT2D eigenvalue weighted by molar-refractivity contribution is 6.30. The quantitative estimate of drug-likeness (QED) is 0.847. The molecule has 0 bridgehead atoms. The van der Waals surface area contributed by atoms with E-state index in [1.165, 1.54) is 6.26 Å². The Kier molecular flexibility index (Phi) is 5.17. The van der Waals surface area contributed by atoms with Crippen LogP contribution in [0.4, 0.5) is 0 Å². The monoisotopic (exact) mass is 349 g/mol. The van der Waals surface area contributed by atoms with Crippen molar-refractivity contribution < 1.29 is 18.7 Å². The Hall–Kier alpha value is -2.31. The molecule has 1 fully saturated rings. The summed E-state index contributed by atoms with van der Waals surface area (Å²) in [5.74, 6) is -0.260. The Morgan fingerprint density at radius 2 is 1.92 bits per heavy atom. The average Bonchev–Trinajstić information content (AvgIpc) is 2.62. The van der Waals surface area contributed by atoms with Crippen LogP contribution >= 0.6 is 11.6 Å². The lowest BCUT2D eigenvalue weighted by Gasteiger charge is -2.26. The summed E-state index contributed by atoms with van der Waals surface area (Å²) in [6.07, 6.45) is 1.17. The van der Waals surface area contributed by atoms with Gasteiger partial charge in [0.05, 0.1) is 13.2 Å². The molecular formula is C17H16ClNO5. The summed E-state index contributed by atoms with van der Waals surface area (Å²) < 4.78 is 15.9. The van der Waals surface area contributed by atoms with E-state index in [1.54, 1.807) is 29.2 Å². The standard InChI is InChI=1S/C17H16ClNO5/c18-13-3-1-12(2-4-13)10-23-16-11-24-15(9-14(16)20)17(21)19-5-7-22-8-6-19/h1-4,9,11H,5-8,10H2. The van der Waals surface area contributed by atoms with E-state index in [-0.39, 0.29) is 24.0 Å². The van der Waals surface area contributed by atoms with Crippen molar-refractivity contribution in [3.63, 3.8) is 0 Å². The Morgan fingerprint density at radius 3 is 2.58 bits per heavy atom. The molecule has 2 aromatic rings. The van der Waals surface area contributed by atoms with Gasteiger partial charge in [-0.25, -0.2) is 0 Å². The number of morpholine rings is 1. The normalized spacial score (nSPS) is 14.5. The summed E-state index contributed by atoms with van der Waals surface area (Å²) in [5.41, 5.74) is 0.471. The minimum absolute atomic E-state index is 0.000688. The van der Waals surface area contributed by atoms with E-state index in [4.69, 9.17) is 25.5 Å². The molecule has 6 nitrogen and oxygen atoms in total. The number of hydrogen-bond acceptors (Lipinski definition) is 5. The molecule has 0 aliphatic carbocycles. The summed E-state index contributed by atoms with van der Waals surface area (Å²) in [6.45, 7) is 2.14. The van der Waals surface area contributed by atoms with Crippen LogP contribution < -0.4 is 10.2 Å². The Labute approximate surface area is 143 Å². The minimum Gasteiger partial charge on any atom is -0.482 e. The molecule has 1 aliphatic rings. The van der Waals surface area contributed by atoms with E-state index in [0.717, 1.165) is 11.6 Å². The van der Waals surface area contributed by atoms with Crippen LogP contribution in [0, 0.1) is 0 Å². The lowest BCUT2D eigenvalue weighted by Crippen LogP contribution is -2.40. The maximum Gasteiger partial charge on any atom is 0.289 e. The SMILES string of the molecule is O=C(c1cc(=O)c(OCc2ccc(Cl)cc2)co1)N1CCOCC1. The maximum atomic E-state index is 12.3. The second-order valence-electron chi connectivity index (χ2n) is 5.29. The van der Waals surface area contributed by atoms with Gasteiger partial charge in [0.15, 0.2) is 5.76 Å². The van der Waals surface area contributed by atoms with E-state index < -0.39 is 5.43 Å². The number of hydrogen-bond donors (Lipinski definition) is 0. The molecule has 126 valence electrons. The molecule has 1 aliphatic heterocycles. The maximum absolute atomic E-state index is 12.3. The number of amides is 1. The summed E-state index contributed by atoms with van der Waals surface area (Å²) in [5, 5.41) is 0.629. The molecule has 0 atom stereocenters. The van der Waals surface area contributed by atoms with E-state index in [0.29, 0.717) is 31.3 Å². The Morgan fingerprint density at radius 1 is 1.21 bits per heavy atom. The summed E-state index contributed by atoms with van der Waals surface area (Å²) in [7, 11) is 0. The first-order chi connectivity index (χ1) is 11.6. The van der Waals surface area contributed by atoms with E-state index in [1.807, 2.05) is 0 Å². The van der Waals surface area contributed by atoms with Gasteiger partial charge in [0.25, 0.3) is 5.91 Å². The predicted molar refractivity (Wildman–Crippen MR) is 87.5 cm³/mol. The van der Waals surface area contributed by atoms with Gasteiger partial charge in [-0.2, -0.15) is 0 Å². The molecule has 1 saturated heterocycles. The van der Waals surface area contributed by atoms with Crippen LogP contribution in [0.5, 0.6) is 5.75 Å². The minimum atomic E-state index is -0.396. The van der Waals surface area contributed by atoms with Crippen LogP contribution in [0.25, 0.3) is 0 Å². The average molecular weight is 350 g/mol. The number of carbonyl (C=O) groups is 1. The summed E-state index contributed by atoms with van der Waals surface area (Å²) in [6, 6.07) is 8.26. The lowest BCUT2D eigenvalue weighted by molar-refractivity contribution is 0.0280. The second-order valence-corrected chi connectivity index (χ2v) is 5.73. The van der Waals surface area contributed by atoms with E-state index in [2.05, 4.69) is 0 Å². The number of halogens is 1. The molecule has 0 radical (unpaired) electrons.